The zero-order valence-electron chi connectivity index (χ0n) is 14.3. The van der Waals surface area contributed by atoms with Gasteiger partial charge in [-0.1, -0.05) is 18.2 Å². The van der Waals surface area contributed by atoms with Gasteiger partial charge in [-0.25, -0.2) is 8.42 Å². The smallest absolute Gasteiger partial charge is 0.243 e. The first-order chi connectivity index (χ1) is 12.5. The zero-order chi connectivity index (χ0) is 18.3. The molecule has 2 N–H and O–H groups in total. The minimum atomic E-state index is -3.73. The van der Waals surface area contributed by atoms with Crippen LogP contribution in [0.25, 0.3) is 10.9 Å². The first-order valence-corrected chi connectivity index (χ1v) is 9.84. The van der Waals surface area contributed by atoms with Crippen molar-refractivity contribution in [2.45, 2.75) is 23.9 Å². The molecule has 0 saturated carbocycles. The van der Waals surface area contributed by atoms with E-state index < -0.39 is 16.1 Å². The fourth-order valence-corrected chi connectivity index (χ4v) is 5.15. The van der Waals surface area contributed by atoms with E-state index in [1.165, 1.54) is 23.5 Å². The highest BCUT2D eigenvalue weighted by Crippen LogP contribution is 2.33. The van der Waals surface area contributed by atoms with Crippen LogP contribution in [0, 0.1) is 0 Å². The number of H-pyrrole nitrogens is 1. The number of hydrogen-bond acceptors (Lipinski definition) is 4. The monoisotopic (exact) mass is 372 g/mol. The first-order valence-electron chi connectivity index (χ1n) is 8.40. The molecule has 136 valence electrons. The molecule has 2 aromatic carbocycles. The molecule has 3 aromatic rings. The summed E-state index contributed by atoms with van der Waals surface area (Å²) in [5.74, 6) is 0.596. The van der Waals surface area contributed by atoms with E-state index in [2.05, 4.69) is 4.98 Å². The Bertz CT molecular complexity index is 1040. The van der Waals surface area contributed by atoms with Crippen LogP contribution in [0.1, 0.15) is 11.3 Å². The summed E-state index contributed by atoms with van der Waals surface area (Å²) in [6, 6.07) is 13.7. The molecule has 1 aliphatic rings. The highest BCUT2D eigenvalue weighted by molar-refractivity contribution is 7.89. The van der Waals surface area contributed by atoms with Crippen LogP contribution >= 0.6 is 0 Å². The van der Waals surface area contributed by atoms with Crippen molar-refractivity contribution < 1.29 is 18.3 Å². The number of ether oxygens (including phenoxy) is 1. The number of hydrogen-bond donors (Lipinski definition) is 2. The molecular weight excluding hydrogens is 352 g/mol. The second-order valence-corrected chi connectivity index (χ2v) is 8.28. The molecule has 0 saturated heterocycles. The number of nitrogens with one attached hydrogen (secondary N) is 1. The number of para-hydroxylation sites is 1. The van der Waals surface area contributed by atoms with Crippen molar-refractivity contribution >= 4 is 20.9 Å². The van der Waals surface area contributed by atoms with Gasteiger partial charge in [0.2, 0.25) is 10.0 Å². The van der Waals surface area contributed by atoms with E-state index in [0.29, 0.717) is 12.2 Å². The van der Waals surface area contributed by atoms with E-state index in [4.69, 9.17) is 4.74 Å². The van der Waals surface area contributed by atoms with E-state index in [1.54, 1.807) is 12.1 Å². The van der Waals surface area contributed by atoms with Crippen LogP contribution in [0.5, 0.6) is 5.75 Å². The molecule has 0 fully saturated rings. The topological polar surface area (TPSA) is 82.6 Å². The number of aromatic amines is 1. The summed E-state index contributed by atoms with van der Waals surface area (Å²) in [5.41, 5.74) is 2.95. The third-order valence-electron chi connectivity index (χ3n) is 4.94. The van der Waals surface area contributed by atoms with Gasteiger partial charge in [-0.15, -0.1) is 0 Å². The molecule has 4 rings (SSSR count). The normalized spacial score (nSPS) is 18.0. The number of methoxy groups -OCH3 is 1. The number of aromatic nitrogens is 1. The maximum Gasteiger partial charge on any atom is 0.243 e. The van der Waals surface area contributed by atoms with Crippen molar-refractivity contribution in [2.24, 2.45) is 0 Å². The number of aliphatic hydroxyl groups excluding tert-OH is 1. The predicted molar refractivity (Wildman–Crippen MR) is 98.6 cm³/mol. The Hall–Kier alpha value is -2.35. The molecule has 0 spiro atoms. The third-order valence-corrected chi connectivity index (χ3v) is 6.85. The quantitative estimate of drug-likeness (QED) is 0.736. The summed E-state index contributed by atoms with van der Waals surface area (Å²) in [6.07, 6.45) is 0.477. The van der Waals surface area contributed by atoms with Crippen molar-refractivity contribution in [1.82, 2.24) is 9.29 Å². The van der Waals surface area contributed by atoms with Gasteiger partial charge in [0.25, 0.3) is 0 Å². The van der Waals surface area contributed by atoms with Crippen LogP contribution in [-0.2, 0) is 23.0 Å². The third kappa shape index (κ3) is 2.68. The van der Waals surface area contributed by atoms with Gasteiger partial charge in [-0.05, 0) is 42.3 Å². The Morgan fingerprint density at radius 1 is 1.19 bits per heavy atom. The summed E-state index contributed by atoms with van der Waals surface area (Å²) in [6.45, 7) is -0.0159. The Labute approximate surface area is 152 Å². The standard InChI is InChI=1S/C19H20N2O4S/c1-25-14-6-8-15(9-7-14)26(23,24)21-11-19-17(10-13(21)12-22)16-4-2-3-5-18(16)20-19/h2-9,13,20,22H,10-12H2,1H3. The summed E-state index contributed by atoms with van der Waals surface area (Å²) >= 11 is 0. The van der Waals surface area contributed by atoms with Crippen LogP contribution < -0.4 is 4.74 Å². The molecule has 0 aliphatic carbocycles. The minimum Gasteiger partial charge on any atom is -0.497 e. The van der Waals surface area contributed by atoms with Crippen LogP contribution in [0.15, 0.2) is 53.4 Å². The van der Waals surface area contributed by atoms with Gasteiger partial charge in [0.1, 0.15) is 5.75 Å². The van der Waals surface area contributed by atoms with Crippen LogP contribution in [-0.4, -0.2) is 42.6 Å². The van der Waals surface area contributed by atoms with Gasteiger partial charge in [0.15, 0.2) is 0 Å². The Morgan fingerprint density at radius 3 is 2.62 bits per heavy atom. The summed E-state index contributed by atoms with van der Waals surface area (Å²) < 4.78 is 32.8. The molecule has 2 heterocycles. The minimum absolute atomic E-state index is 0.191. The summed E-state index contributed by atoms with van der Waals surface area (Å²) in [4.78, 5) is 3.52. The zero-order valence-corrected chi connectivity index (χ0v) is 15.2. The average Bonchev–Trinajstić information content (AvgIpc) is 3.04. The predicted octanol–water partition coefficient (Wildman–Crippen LogP) is 2.28. The summed E-state index contributed by atoms with van der Waals surface area (Å²) in [5, 5.41) is 10.9. The number of nitrogens with zero attached hydrogens (tertiary/aromatic N) is 1. The van der Waals surface area contributed by atoms with Crippen molar-refractivity contribution in [3.05, 3.63) is 59.8 Å². The molecule has 1 aromatic heterocycles. The van der Waals surface area contributed by atoms with E-state index in [0.717, 1.165) is 22.2 Å². The first kappa shape index (κ1) is 17.1. The van der Waals surface area contributed by atoms with E-state index in [-0.39, 0.29) is 18.0 Å². The number of rotatable bonds is 4. The Kier molecular flexibility index (Phi) is 4.22. The lowest BCUT2D eigenvalue weighted by Gasteiger charge is -2.33. The molecular formula is C19H20N2O4S. The molecule has 0 amide bonds. The summed E-state index contributed by atoms with van der Waals surface area (Å²) in [7, 11) is -2.20. The molecule has 7 heteroatoms. The molecule has 6 nitrogen and oxygen atoms in total. The number of fused-ring (bicyclic) bond motifs is 3. The lowest BCUT2D eigenvalue weighted by molar-refractivity contribution is 0.173. The average molecular weight is 372 g/mol. The lowest BCUT2D eigenvalue weighted by Crippen LogP contribution is -2.46. The van der Waals surface area contributed by atoms with Gasteiger partial charge >= 0.3 is 0 Å². The molecule has 26 heavy (non-hydrogen) atoms. The van der Waals surface area contributed by atoms with Crippen molar-refractivity contribution in [3.63, 3.8) is 0 Å². The van der Waals surface area contributed by atoms with Crippen molar-refractivity contribution in [1.29, 1.82) is 0 Å². The number of aliphatic hydroxyl groups is 1. The fourth-order valence-electron chi connectivity index (χ4n) is 3.57. The van der Waals surface area contributed by atoms with Gasteiger partial charge in [-0.2, -0.15) is 4.31 Å². The van der Waals surface area contributed by atoms with Gasteiger partial charge < -0.3 is 14.8 Å². The number of sulfonamides is 1. The molecule has 1 unspecified atom stereocenters. The maximum absolute atomic E-state index is 13.1. The highest BCUT2D eigenvalue weighted by atomic mass is 32.2. The maximum atomic E-state index is 13.1. The largest absolute Gasteiger partial charge is 0.497 e. The Morgan fingerprint density at radius 2 is 1.92 bits per heavy atom. The van der Waals surface area contributed by atoms with E-state index in [1.807, 2.05) is 24.3 Å². The van der Waals surface area contributed by atoms with E-state index in [9.17, 15) is 13.5 Å². The van der Waals surface area contributed by atoms with Gasteiger partial charge in [0.05, 0.1) is 31.2 Å². The van der Waals surface area contributed by atoms with Gasteiger partial charge in [0, 0.05) is 16.6 Å². The van der Waals surface area contributed by atoms with Crippen molar-refractivity contribution in [3.8, 4) is 5.75 Å². The highest BCUT2D eigenvalue weighted by Gasteiger charge is 2.36. The second kappa shape index (κ2) is 6.42. The SMILES string of the molecule is COc1ccc(S(=O)(=O)N2Cc3[nH]c4ccccc4c3CC2CO)cc1. The van der Waals surface area contributed by atoms with Gasteiger partial charge in [-0.3, -0.25) is 0 Å². The second-order valence-electron chi connectivity index (χ2n) is 6.39. The lowest BCUT2D eigenvalue weighted by atomic mass is 9.99. The number of benzene rings is 2. The van der Waals surface area contributed by atoms with Crippen LogP contribution in [0.4, 0.5) is 0 Å². The van der Waals surface area contributed by atoms with Crippen molar-refractivity contribution in [2.75, 3.05) is 13.7 Å². The molecule has 0 bridgehead atoms. The fraction of sp³-hybridized carbons (Fsp3) is 0.263. The molecule has 1 atom stereocenters. The molecule has 0 radical (unpaired) electrons. The van der Waals surface area contributed by atoms with Crippen LogP contribution in [0.2, 0.25) is 0 Å². The molecule has 1 aliphatic heterocycles. The van der Waals surface area contributed by atoms with Crippen LogP contribution in [0.3, 0.4) is 0 Å². The Balaban J connectivity index is 1.75. The van der Waals surface area contributed by atoms with E-state index >= 15 is 0 Å².